The molecule has 0 spiro atoms. The lowest BCUT2D eigenvalue weighted by Crippen LogP contribution is -2.21. The van der Waals surface area contributed by atoms with Gasteiger partial charge in [0.25, 0.3) is 9.05 Å². The molecule has 0 heterocycles. The second-order valence-electron chi connectivity index (χ2n) is 4.39. The summed E-state index contributed by atoms with van der Waals surface area (Å²) in [5, 5.41) is 0. The molecule has 1 atom stereocenters. The van der Waals surface area contributed by atoms with Crippen molar-refractivity contribution in [2.45, 2.75) is 31.8 Å². The van der Waals surface area contributed by atoms with Crippen molar-refractivity contribution in [1.29, 1.82) is 0 Å². The molecule has 0 amide bonds. The number of carbonyl (C=O) groups is 1. The van der Waals surface area contributed by atoms with Crippen LogP contribution in [-0.2, 0) is 18.5 Å². The molecule has 0 aromatic heterocycles. The zero-order chi connectivity index (χ0) is 16.2. The number of ether oxygens (including phenoxy) is 2. The monoisotopic (exact) mass is 338 g/mol. The molecule has 0 radical (unpaired) electrons. The highest BCUT2D eigenvalue weighted by Crippen LogP contribution is 2.25. The highest BCUT2D eigenvalue weighted by Gasteiger charge is 2.23. The number of hydrogen-bond donors (Lipinski definition) is 0. The molecule has 0 aliphatic heterocycles. The first-order chi connectivity index (χ1) is 9.66. The van der Waals surface area contributed by atoms with Crippen molar-refractivity contribution in [3.8, 4) is 0 Å². The van der Waals surface area contributed by atoms with E-state index in [2.05, 4.69) is 0 Å². The molecule has 1 aromatic carbocycles. The van der Waals surface area contributed by atoms with Gasteiger partial charge in [0.15, 0.2) is 0 Å². The highest BCUT2D eigenvalue weighted by atomic mass is 35.7. The molecule has 5 nitrogen and oxygen atoms in total. The van der Waals surface area contributed by atoms with Crippen LogP contribution in [0.3, 0.4) is 0 Å². The fourth-order valence-electron chi connectivity index (χ4n) is 1.68. The molecule has 0 saturated carbocycles. The van der Waals surface area contributed by atoms with Crippen LogP contribution in [0.25, 0.3) is 0 Å². The predicted molar refractivity (Wildman–Crippen MR) is 75.5 cm³/mol. The molecule has 0 N–H and O–H groups in total. The fraction of sp³-hybridized carbons (Fsp3) is 0.462. The van der Waals surface area contributed by atoms with Crippen molar-refractivity contribution >= 4 is 25.7 Å². The minimum atomic E-state index is -4.15. The Hall–Kier alpha value is -1.18. The Bertz CT molecular complexity index is 630. The van der Waals surface area contributed by atoms with Gasteiger partial charge in [-0.15, -0.1) is 0 Å². The number of esters is 1. The maximum atomic E-state index is 13.5. The van der Waals surface area contributed by atoms with Gasteiger partial charge in [-0.2, -0.15) is 0 Å². The van der Waals surface area contributed by atoms with E-state index >= 15 is 0 Å². The molecular weight excluding hydrogens is 323 g/mol. The van der Waals surface area contributed by atoms with Crippen LogP contribution in [0.1, 0.15) is 29.8 Å². The minimum Gasteiger partial charge on any atom is -0.457 e. The van der Waals surface area contributed by atoms with E-state index in [0.717, 1.165) is 12.1 Å². The number of rotatable bonds is 6. The third kappa shape index (κ3) is 4.94. The molecule has 0 fully saturated rings. The number of halogens is 2. The van der Waals surface area contributed by atoms with Crippen LogP contribution in [0.15, 0.2) is 17.0 Å². The number of hydrogen-bond acceptors (Lipinski definition) is 5. The molecular formula is C13H16ClFO5S. The van der Waals surface area contributed by atoms with Gasteiger partial charge in [-0.25, -0.2) is 17.6 Å². The van der Waals surface area contributed by atoms with E-state index in [1.165, 1.54) is 6.92 Å². The van der Waals surface area contributed by atoms with Crippen molar-refractivity contribution in [2.75, 3.05) is 13.2 Å². The Morgan fingerprint density at radius 2 is 2.05 bits per heavy atom. The summed E-state index contributed by atoms with van der Waals surface area (Å²) in [6, 6.07) is 1.68. The van der Waals surface area contributed by atoms with Gasteiger partial charge in [0.05, 0.1) is 17.1 Å². The largest absolute Gasteiger partial charge is 0.457 e. The molecule has 118 valence electrons. The van der Waals surface area contributed by atoms with E-state index in [4.69, 9.17) is 20.2 Å². The third-order valence-corrected chi connectivity index (χ3v) is 4.12. The van der Waals surface area contributed by atoms with Gasteiger partial charge in [-0.3, -0.25) is 0 Å². The molecule has 21 heavy (non-hydrogen) atoms. The third-order valence-electron chi connectivity index (χ3n) is 2.67. The maximum Gasteiger partial charge on any atom is 0.338 e. The first-order valence-electron chi connectivity index (χ1n) is 6.20. The number of benzene rings is 1. The van der Waals surface area contributed by atoms with Gasteiger partial charge in [0, 0.05) is 17.3 Å². The van der Waals surface area contributed by atoms with Crippen LogP contribution in [0.4, 0.5) is 4.39 Å². The number of carbonyl (C=O) groups excluding carboxylic acids is 1. The smallest absolute Gasteiger partial charge is 0.338 e. The van der Waals surface area contributed by atoms with E-state index < -0.39 is 31.8 Å². The SMILES string of the molecule is CCOCC(C)OC(=O)c1cc(F)cc(S(=O)(=O)Cl)c1C. The summed E-state index contributed by atoms with van der Waals surface area (Å²) in [5.74, 6) is -1.72. The van der Waals surface area contributed by atoms with Crippen LogP contribution in [0.5, 0.6) is 0 Å². The molecule has 0 saturated heterocycles. The van der Waals surface area contributed by atoms with Crippen molar-refractivity contribution in [1.82, 2.24) is 0 Å². The maximum absolute atomic E-state index is 13.5. The highest BCUT2D eigenvalue weighted by molar-refractivity contribution is 8.13. The second kappa shape index (κ2) is 7.20. The Labute approximate surface area is 127 Å². The molecule has 8 heteroatoms. The summed E-state index contributed by atoms with van der Waals surface area (Å²) in [6.07, 6.45) is -0.545. The van der Waals surface area contributed by atoms with E-state index in [1.807, 2.05) is 0 Å². The minimum absolute atomic E-state index is 0.0417. The van der Waals surface area contributed by atoms with Gasteiger partial charge in [0.2, 0.25) is 0 Å². The average molecular weight is 339 g/mol. The average Bonchev–Trinajstić information content (AvgIpc) is 2.37. The zero-order valence-electron chi connectivity index (χ0n) is 11.9. The standard InChI is InChI=1S/C13H16ClFO5S/c1-4-19-7-8(2)20-13(16)11-5-10(15)6-12(9(11)3)21(14,17)18/h5-6,8H,4,7H2,1-3H3. The van der Waals surface area contributed by atoms with Crippen LogP contribution in [0.2, 0.25) is 0 Å². The van der Waals surface area contributed by atoms with E-state index in [0.29, 0.717) is 6.61 Å². The zero-order valence-corrected chi connectivity index (χ0v) is 13.4. The van der Waals surface area contributed by atoms with Gasteiger partial charge in [-0.1, -0.05) is 0 Å². The molecule has 1 unspecified atom stereocenters. The molecule has 0 aliphatic carbocycles. The fourth-order valence-corrected chi connectivity index (χ4v) is 2.89. The summed E-state index contributed by atoms with van der Waals surface area (Å²) in [6.45, 7) is 5.43. The Kier molecular flexibility index (Phi) is 6.12. The van der Waals surface area contributed by atoms with Crippen LogP contribution in [-0.4, -0.2) is 33.7 Å². The first kappa shape index (κ1) is 17.9. The molecule has 0 aliphatic rings. The van der Waals surface area contributed by atoms with E-state index in [1.54, 1.807) is 13.8 Å². The second-order valence-corrected chi connectivity index (χ2v) is 6.92. The van der Waals surface area contributed by atoms with E-state index in [9.17, 15) is 17.6 Å². The van der Waals surface area contributed by atoms with Crippen LogP contribution < -0.4 is 0 Å². The summed E-state index contributed by atoms with van der Waals surface area (Å²) < 4.78 is 46.4. The molecule has 1 rings (SSSR count). The topological polar surface area (TPSA) is 69.7 Å². The Balaban J connectivity index is 3.08. The summed E-state index contributed by atoms with van der Waals surface area (Å²) >= 11 is 0. The van der Waals surface area contributed by atoms with Gasteiger partial charge in [0.1, 0.15) is 11.9 Å². The Morgan fingerprint density at radius 1 is 1.43 bits per heavy atom. The van der Waals surface area contributed by atoms with Crippen molar-refractivity contribution < 1.29 is 27.1 Å². The lowest BCUT2D eigenvalue weighted by Gasteiger charge is -2.15. The van der Waals surface area contributed by atoms with Gasteiger partial charge >= 0.3 is 5.97 Å². The first-order valence-corrected chi connectivity index (χ1v) is 8.51. The van der Waals surface area contributed by atoms with Gasteiger partial charge in [-0.05, 0) is 38.5 Å². The Morgan fingerprint density at radius 3 is 2.57 bits per heavy atom. The van der Waals surface area contributed by atoms with Crippen molar-refractivity contribution in [3.63, 3.8) is 0 Å². The normalized spacial score (nSPS) is 13.0. The summed E-state index contributed by atoms with van der Waals surface area (Å²) in [7, 11) is 1.07. The molecule has 0 bridgehead atoms. The van der Waals surface area contributed by atoms with E-state index in [-0.39, 0.29) is 17.7 Å². The molecule has 1 aromatic rings. The quantitative estimate of drug-likeness (QED) is 0.589. The van der Waals surface area contributed by atoms with Crippen molar-refractivity contribution in [2.24, 2.45) is 0 Å². The summed E-state index contributed by atoms with van der Waals surface area (Å²) in [4.78, 5) is 11.5. The lowest BCUT2D eigenvalue weighted by atomic mass is 10.1. The van der Waals surface area contributed by atoms with Gasteiger partial charge < -0.3 is 9.47 Å². The van der Waals surface area contributed by atoms with Crippen LogP contribution in [0, 0.1) is 12.7 Å². The summed E-state index contributed by atoms with van der Waals surface area (Å²) in [5.41, 5.74) is -0.141. The lowest BCUT2D eigenvalue weighted by molar-refractivity contribution is 0.00426. The van der Waals surface area contributed by atoms with Crippen molar-refractivity contribution in [3.05, 3.63) is 29.1 Å². The van der Waals surface area contributed by atoms with Crippen LogP contribution >= 0.6 is 10.7 Å². The predicted octanol–water partition coefficient (Wildman–Crippen LogP) is 2.64.